The number of nitrogens with zero attached hydrogens (tertiary/aromatic N) is 2. The lowest BCUT2D eigenvalue weighted by Crippen LogP contribution is -2.23. The van der Waals surface area contributed by atoms with E-state index in [0.717, 1.165) is 5.57 Å². The summed E-state index contributed by atoms with van der Waals surface area (Å²) in [6, 6.07) is 0. The molecule has 0 spiro atoms. The maximum Gasteiger partial charge on any atom is 0.328 e. The zero-order chi connectivity index (χ0) is 9.84. The van der Waals surface area contributed by atoms with E-state index >= 15 is 0 Å². The van der Waals surface area contributed by atoms with E-state index in [2.05, 4.69) is 0 Å². The third-order valence-electron chi connectivity index (χ3n) is 1.86. The summed E-state index contributed by atoms with van der Waals surface area (Å²) in [5.41, 5.74) is 2.48. The topological polar surface area (TPSA) is 26.9 Å². The predicted molar refractivity (Wildman–Crippen MR) is 54.0 cm³/mol. The van der Waals surface area contributed by atoms with E-state index in [1.54, 1.807) is 21.5 Å². The average Bonchev–Trinajstić information content (AvgIpc) is 2.48. The molecule has 0 aliphatic rings. The normalized spacial score (nSPS) is 12.1. The first-order chi connectivity index (χ1) is 6.19. The predicted octanol–water partition coefficient (Wildman–Crippen LogP) is 1.81. The molecule has 1 aromatic heterocycles. The maximum absolute atomic E-state index is 11.5. The molecule has 0 saturated heterocycles. The molecule has 72 valence electrons. The van der Waals surface area contributed by atoms with Crippen LogP contribution in [0.5, 0.6) is 0 Å². The van der Waals surface area contributed by atoms with Gasteiger partial charge in [-0.05, 0) is 19.4 Å². The second-order valence-corrected chi connectivity index (χ2v) is 3.17. The van der Waals surface area contributed by atoms with Crippen molar-refractivity contribution < 1.29 is 0 Å². The standard InChI is InChI=1S/C9H13ClN2O/c1-3-11-4-5-12(9(11)13)7-8(2)6-10/h4-6H,3,7H2,1-2H3/b8-6+. The van der Waals surface area contributed by atoms with Crippen LogP contribution in [-0.2, 0) is 13.1 Å². The van der Waals surface area contributed by atoms with E-state index in [4.69, 9.17) is 11.6 Å². The molecule has 3 nitrogen and oxygen atoms in total. The minimum absolute atomic E-state index is 0.0142. The SMILES string of the molecule is CCn1ccn(C/C(C)=C/Cl)c1=O. The molecule has 0 amide bonds. The molecule has 0 saturated carbocycles. The van der Waals surface area contributed by atoms with Crippen molar-refractivity contribution in [2.75, 3.05) is 0 Å². The van der Waals surface area contributed by atoms with Gasteiger partial charge in [-0.2, -0.15) is 0 Å². The highest BCUT2D eigenvalue weighted by molar-refractivity contribution is 6.25. The Morgan fingerprint density at radius 2 is 2.15 bits per heavy atom. The second kappa shape index (κ2) is 4.33. The van der Waals surface area contributed by atoms with Gasteiger partial charge in [-0.1, -0.05) is 11.6 Å². The summed E-state index contributed by atoms with van der Waals surface area (Å²) in [7, 11) is 0. The van der Waals surface area contributed by atoms with Crippen LogP contribution in [0.1, 0.15) is 13.8 Å². The molecule has 0 aromatic carbocycles. The Morgan fingerprint density at radius 1 is 1.54 bits per heavy atom. The van der Waals surface area contributed by atoms with Gasteiger partial charge in [-0.15, -0.1) is 0 Å². The summed E-state index contributed by atoms with van der Waals surface area (Å²) in [6.45, 7) is 5.10. The molecule has 4 heteroatoms. The van der Waals surface area contributed by atoms with Crippen LogP contribution >= 0.6 is 11.6 Å². The van der Waals surface area contributed by atoms with Crippen molar-refractivity contribution >= 4 is 11.6 Å². The van der Waals surface area contributed by atoms with Crippen molar-refractivity contribution in [3.63, 3.8) is 0 Å². The molecule has 0 bridgehead atoms. The van der Waals surface area contributed by atoms with Crippen molar-refractivity contribution in [2.24, 2.45) is 0 Å². The lowest BCUT2D eigenvalue weighted by atomic mass is 10.3. The number of allylic oxidation sites excluding steroid dienone is 1. The van der Waals surface area contributed by atoms with E-state index in [9.17, 15) is 4.79 Å². The molecule has 0 radical (unpaired) electrons. The molecule has 0 aliphatic heterocycles. The molecule has 0 N–H and O–H groups in total. The Bertz CT molecular complexity index is 362. The Hall–Kier alpha value is -0.960. The first-order valence-electron chi connectivity index (χ1n) is 4.20. The van der Waals surface area contributed by atoms with Crippen molar-refractivity contribution in [1.82, 2.24) is 9.13 Å². The molecular formula is C9H13ClN2O. The van der Waals surface area contributed by atoms with Gasteiger partial charge in [0.05, 0.1) is 0 Å². The van der Waals surface area contributed by atoms with E-state index in [1.807, 2.05) is 13.8 Å². The van der Waals surface area contributed by atoms with Crippen LogP contribution in [0.25, 0.3) is 0 Å². The molecule has 0 aliphatic carbocycles. The Labute approximate surface area is 82.2 Å². The Kier molecular flexibility index (Phi) is 3.37. The first kappa shape index (κ1) is 10.1. The fourth-order valence-corrected chi connectivity index (χ4v) is 1.19. The van der Waals surface area contributed by atoms with Crippen LogP contribution < -0.4 is 5.69 Å². The van der Waals surface area contributed by atoms with Crippen molar-refractivity contribution in [1.29, 1.82) is 0 Å². The summed E-state index contributed by atoms with van der Waals surface area (Å²) >= 11 is 5.51. The molecule has 0 unspecified atom stereocenters. The number of aryl methyl sites for hydroxylation is 1. The van der Waals surface area contributed by atoms with Gasteiger partial charge in [0.1, 0.15) is 0 Å². The number of aromatic nitrogens is 2. The van der Waals surface area contributed by atoms with Crippen LogP contribution in [0.15, 0.2) is 28.3 Å². The Morgan fingerprint density at radius 3 is 2.62 bits per heavy atom. The van der Waals surface area contributed by atoms with Crippen LogP contribution in [0, 0.1) is 0 Å². The van der Waals surface area contributed by atoms with Crippen molar-refractivity contribution in [2.45, 2.75) is 26.9 Å². The zero-order valence-corrected chi connectivity index (χ0v) is 8.58. The van der Waals surface area contributed by atoms with E-state index < -0.39 is 0 Å². The van der Waals surface area contributed by atoms with E-state index in [0.29, 0.717) is 13.1 Å². The molecule has 1 heterocycles. The number of hydrogen-bond acceptors (Lipinski definition) is 1. The van der Waals surface area contributed by atoms with Crippen LogP contribution in [0.3, 0.4) is 0 Å². The third-order valence-corrected chi connectivity index (χ3v) is 2.24. The summed E-state index contributed by atoms with van der Waals surface area (Å²) in [5, 5.41) is 0. The summed E-state index contributed by atoms with van der Waals surface area (Å²) in [5.74, 6) is 0. The highest BCUT2D eigenvalue weighted by Gasteiger charge is 2.00. The fourth-order valence-electron chi connectivity index (χ4n) is 1.12. The van der Waals surface area contributed by atoms with Crippen LogP contribution in [-0.4, -0.2) is 9.13 Å². The van der Waals surface area contributed by atoms with Crippen molar-refractivity contribution in [3.8, 4) is 0 Å². The molecule has 0 atom stereocenters. The van der Waals surface area contributed by atoms with Gasteiger partial charge in [-0.3, -0.25) is 9.13 Å². The van der Waals surface area contributed by atoms with Crippen LogP contribution in [0.4, 0.5) is 0 Å². The number of imidazole rings is 1. The van der Waals surface area contributed by atoms with Gasteiger partial charge in [0.15, 0.2) is 0 Å². The minimum Gasteiger partial charge on any atom is -0.300 e. The lowest BCUT2D eigenvalue weighted by molar-refractivity contribution is 0.664. The second-order valence-electron chi connectivity index (χ2n) is 2.95. The highest BCUT2D eigenvalue weighted by atomic mass is 35.5. The molecule has 1 aromatic rings. The number of rotatable bonds is 3. The van der Waals surface area contributed by atoms with Gasteiger partial charge >= 0.3 is 5.69 Å². The number of halogens is 1. The Balaban J connectivity index is 2.91. The smallest absolute Gasteiger partial charge is 0.300 e. The summed E-state index contributed by atoms with van der Waals surface area (Å²) in [6.07, 6.45) is 3.56. The van der Waals surface area contributed by atoms with Gasteiger partial charge in [-0.25, -0.2) is 4.79 Å². The van der Waals surface area contributed by atoms with Gasteiger partial charge in [0.2, 0.25) is 0 Å². The summed E-state index contributed by atoms with van der Waals surface area (Å²) in [4.78, 5) is 11.5. The molecule has 1 rings (SSSR count). The average molecular weight is 201 g/mol. The number of hydrogen-bond donors (Lipinski definition) is 0. The fraction of sp³-hybridized carbons (Fsp3) is 0.444. The molecular weight excluding hydrogens is 188 g/mol. The quantitative estimate of drug-likeness (QED) is 0.731. The largest absolute Gasteiger partial charge is 0.328 e. The minimum atomic E-state index is 0.0142. The van der Waals surface area contributed by atoms with Crippen molar-refractivity contribution in [3.05, 3.63) is 34.0 Å². The van der Waals surface area contributed by atoms with Gasteiger partial charge in [0, 0.05) is 31.0 Å². The highest BCUT2D eigenvalue weighted by Crippen LogP contribution is 1.98. The summed E-state index contributed by atoms with van der Waals surface area (Å²) < 4.78 is 3.29. The monoisotopic (exact) mass is 200 g/mol. The van der Waals surface area contributed by atoms with E-state index in [1.165, 1.54) is 5.54 Å². The van der Waals surface area contributed by atoms with Crippen LogP contribution in [0.2, 0.25) is 0 Å². The zero-order valence-electron chi connectivity index (χ0n) is 7.83. The third kappa shape index (κ3) is 2.25. The maximum atomic E-state index is 11.5. The first-order valence-corrected chi connectivity index (χ1v) is 4.64. The molecule has 13 heavy (non-hydrogen) atoms. The lowest BCUT2D eigenvalue weighted by Gasteiger charge is -1.99. The molecule has 0 fully saturated rings. The van der Waals surface area contributed by atoms with Gasteiger partial charge < -0.3 is 0 Å². The van der Waals surface area contributed by atoms with E-state index in [-0.39, 0.29) is 5.69 Å². The van der Waals surface area contributed by atoms with Gasteiger partial charge in [0.25, 0.3) is 0 Å².